The molecule has 0 saturated carbocycles. The largest absolute Gasteiger partial charge is 0.385 e. The van der Waals surface area contributed by atoms with E-state index < -0.39 is 0 Å². The molecule has 0 unspecified atom stereocenters. The molecule has 2 heteroatoms. The first-order chi connectivity index (χ1) is 7.75. The Balaban J connectivity index is 1.90. The molecule has 1 aromatic carbocycles. The maximum atomic E-state index is 3.60. The number of hydrogen-bond donors (Lipinski definition) is 2. The summed E-state index contributed by atoms with van der Waals surface area (Å²) in [6, 6.07) is 6.61. The Morgan fingerprint density at radius 3 is 2.75 bits per heavy atom. The molecule has 1 aliphatic rings. The Hall–Kier alpha value is -1.02. The van der Waals surface area contributed by atoms with Gasteiger partial charge in [-0.1, -0.05) is 12.1 Å². The number of piperidine rings is 1. The fourth-order valence-electron chi connectivity index (χ4n) is 2.27. The van der Waals surface area contributed by atoms with Gasteiger partial charge in [0.25, 0.3) is 0 Å². The molecule has 2 N–H and O–H groups in total. The van der Waals surface area contributed by atoms with Crippen LogP contribution in [-0.4, -0.2) is 19.6 Å². The van der Waals surface area contributed by atoms with Gasteiger partial charge in [0.2, 0.25) is 0 Å². The average Bonchev–Trinajstić information content (AvgIpc) is 2.32. The van der Waals surface area contributed by atoms with E-state index in [4.69, 9.17) is 0 Å². The minimum Gasteiger partial charge on any atom is -0.385 e. The summed E-state index contributed by atoms with van der Waals surface area (Å²) in [7, 11) is 0. The van der Waals surface area contributed by atoms with Crippen LogP contribution in [-0.2, 0) is 0 Å². The second-order valence-corrected chi connectivity index (χ2v) is 4.89. The Kier molecular flexibility index (Phi) is 3.83. The fourth-order valence-corrected chi connectivity index (χ4v) is 2.27. The van der Waals surface area contributed by atoms with Crippen LogP contribution in [0.4, 0.5) is 5.69 Å². The van der Waals surface area contributed by atoms with Crippen molar-refractivity contribution in [3.05, 3.63) is 29.3 Å². The molecule has 2 rings (SSSR count). The number of benzene rings is 1. The molecule has 1 saturated heterocycles. The summed E-state index contributed by atoms with van der Waals surface area (Å²) in [6.45, 7) is 7.80. The second-order valence-electron chi connectivity index (χ2n) is 4.89. The van der Waals surface area contributed by atoms with Gasteiger partial charge >= 0.3 is 0 Å². The molecule has 16 heavy (non-hydrogen) atoms. The molecule has 0 atom stereocenters. The molecule has 0 aliphatic carbocycles. The monoisotopic (exact) mass is 218 g/mol. The van der Waals surface area contributed by atoms with Gasteiger partial charge in [0.05, 0.1) is 0 Å². The van der Waals surface area contributed by atoms with Crippen LogP contribution in [0.3, 0.4) is 0 Å². The SMILES string of the molecule is Cc1ccc(C)c(NCC2CCNCC2)c1. The highest BCUT2D eigenvalue weighted by Crippen LogP contribution is 2.18. The van der Waals surface area contributed by atoms with Gasteiger partial charge in [-0.05, 0) is 62.9 Å². The highest BCUT2D eigenvalue weighted by Gasteiger charge is 2.12. The first kappa shape index (κ1) is 11.5. The highest BCUT2D eigenvalue weighted by molar-refractivity contribution is 5.52. The van der Waals surface area contributed by atoms with Gasteiger partial charge in [0.1, 0.15) is 0 Å². The molecule has 88 valence electrons. The third-order valence-corrected chi connectivity index (χ3v) is 3.43. The van der Waals surface area contributed by atoms with Gasteiger partial charge < -0.3 is 10.6 Å². The van der Waals surface area contributed by atoms with Crippen molar-refractivity contribution in [2.75, 3.05) is 25.0 Å². The Bertz CT molecular complexity index is 341. The first-order valence-corrected chi connectivity index (χ1v) is 6.27. The number of aryl methyl sites for hydroxylation is 2. The van der Waals surface area contributed by atoms with Gasteiger partial charge in [-0.2, -0.15) is 0 Å². The van der Waals surface area contributed by atoms with Crippen LogP contribution in [0, 0.1) is 19.8 Å². The van der Waals surface area contributed by atoms with E-state index in [1.165, 1.54) is 42.7 Å². The lowest BCUT2D eigenvalue weighted by Crippen LogP contribution is -2.31. The summed E-state index contributed by atoms with van der Waals surface area (Å²) in [6.07, 6.45) is 2.61. The molecule has 0 aromatic heterocycles. The lowest BCUT2D eigenvalue weighted by atomic mass is 9.98. The molecule has 1 aliphatic heterocycles. The quantitative estimate of drug-likeness (QED) is 0.815. The lowest BCUT2D eigenvalue weighted by Gasteiger charge is -2.23. The van der Waals surface area contributed by atoms with E-state index in [0.29, 0.717) is 0 Å². The first-order valence-electron chi connectivity index (χ1n) is 6.27. The van der Waals surface area contributed by atoms with Crippen molar-refractivity contribution in [2.24, 2.45) is 5.92 Å². The third kappa shape index (κ3) is 2.99. The molecule has 0 bridgehead atoms. The van der Waals surface area contributed by atoms with Crippen LogP contribution in [0.2, 0.25) is 0 Å². The minimum atomic E-state index is 0.834. The molecule has 1 fully saturated rings. The van der Waals surface area contributed by atoms with Crippen LogP contribution < -0.4 is 10.6 Å². The minimum absolute atomic E-state index is 0.834. The molecule has 0 radical (unpaired) electrons. The summed E-state index contributed by atoms with van der Waals surface area (Å²) >= 11 is 0. The molecule has 2 nitrogen and oxygen atoms in total. The summed E-state index contributed by atoms with van der Waals surface area (Å²) < 4.78 is 0. The molecule has 1 heterocycles. The van der Waals surface area contributed by atoms with Crippen LogP contribution in [0.1, 0.15) is 24.0 Å². The smallest absolute Gasteiger partial charge is 0.0372 e. The predicted molar refractivity (Wildman–Crippen MR) is 70.0 cm³/mol. The number of rotatable bonds is 3. The van der Waals surface area contributed by atoms with Crippen molar-refractivity contribution in [3.63, 3.8) is 0 Å². The highest BCUT2D eigenvalue weighted by atomic mass is 14.9. The number of anilines is 1. The summed E-state index contributed by atoms with van der Waals surface area (Å²) in [5.74, 6) is 0.834. The van der Waals surface area contributed by atoms with E-state index >= 15 is 0 Å². The van der Waals surface area contributed by atoms with Crippen molar-refractivity contribution in [1.29, 1.82) is 0 Å². The second kappa shape index (κ2) is 5.35. The normalized spacial score (nSPS) is 17.4. The molecule has 0 spiro atoms. The molecule has 0 amide bonds. The Morgan fingerprint density at radius 1 is 1.25 bits per heavy atom. The summed E-state index contributed by atoms with van der Waals surface area (Å²) in [5.41, 5.74) is 3.98. The third-order valence-electron chi connectivity index (χ3n) is 3.43. The zero-order valence-corrected chi connectivity index (χ0v) is 10.3. The van der Waals surface area contributed by atoms with Crippen LogP contribution >= 0.6 is 0 Å². The van der Waals surface area contributed by atoms with Crippen molar-refractivity contribution in [2.45, 2.75) is 26.7 Å². The summed E-state index contributed by atoms with van der Waals surface area (Å²) in [4.78, 5) is 0. The van der Waals surface area contributed by atoms with Gasteiger partial charge in [-0.25, -0.2) is 0 Å². The van der Waals surface area contributed by atoms with Crippen molar-refractivity contribution in [3.8, 4) is 0 Å². The van der Waals surface area contributed by atoms with Crippen molar-refractivity contribution in [1.82, 2.24) is 5.32 Å². The van der Waals surface area contributed by atoms with Gasteiger partial charge in [-0.15, -0.1) is 0 Å². The van der Waals surface area contributed by atoms with Crippen molar-refractivity contribution >= 4 is 5.69 Å². The van der Waals surface area contributed by atoms with Crippen LogP contribution in [0.25, 0.3) is 0 Å². The lowest BCUT2D eigenvalue weighted by molar-refractivity contribution is 0.390. The van der Waals surface area contributed by atoms with E-state index in [0.717, 1.165) is 12.5 Å². The zero-order valence-electron chi connectivity index (χ0n) is 10.3. The van der Waals surface area contributed by atoms with Gasteiger partial charge in [0, 0.05) is 12.2 Å². The fraction of sp³-hybridized carbons (Fsp3) is 0.571. The Morgan fingerprint density at radius 2 is 2.00 bits per heavy atom. The Labute approximate surface area is 98.4 Å². The van der Waals surface area contributed by atoms with Crippen molar-refractivity contribution < 1.29 is 0 Å². The zero-order chi connectivity index (χ0) is 11.4. The summed E-state index contributed by atoms with van der Waals surface area (Å²) in [5, 5.41) is 7.00. The maximum absolute atomic E-state index is 3.60. The van der Waals surface area contributed by atoms with Crippen LogP contribution in [0.15, 0.2) is 18.2 Å². The molecule has 1 aromatic rings. The van der Waals surface area contributed by atoms with E-state index in [2.05, 4.69) is 42.7 Å². The van der Waals surface area contributed by atoms with Gasteiger partial charge in [-0.3, -0.25) is 0 Å². The predicted octanol–water partition coefficient (Wildman–Crippen LogP) is 2.71. The topological polar surface area (TPSA) is 24.1 Å². The van der Waals surface area contributed by atoms with E-state index in [1.54, 1.807) is 0 Å². The average molecular weight is 218 g/mol. The standard InChI is InChI=1S/C14H22N2/c1-11-3-4-12(2)14(9-11)16-10-13-5-7-15-8-6-13/h3-4,9,13,15-16H,5-8,10H2,1-2H3. The van der Waals surface area contributed by atoms with E-state index in [1.807, 2.05) is 0 Å². The molecular weight excluding hydrogens is 196 g/mol. The number of hydrogen-bond acceptors (Lipinski definition) is 2. The van der Waals surface area contributed by atoms with E-state index in [9.17, 15) is 0 Å². The number of nitrogens with one attached hydrogen (secondary N) is 2. The van der Waals surface area contributed by atoms with Gasteiger partial charge in [0.15, 0.2) is 0 Å². The van der Waals surface area contributed by atoms with E-state index in [-0.39, 0.29) is 0 Å². The molecular formula is C14H22N2. The maximum Gasteiger partial charge on any atom is 0.0372 e. The van der Waals surface area contributed by atoms with Crippen LogP contribution in [0.5, 0.6) is 0 Å².